The van der Waals surface area contributed by atoms with E-state index in [9.17, 15) is 28.8 Å². The Kier molecular flexibility index (Phi) is 12.8. The molecule has 2 rings (SSSR count). The molecular weight excluding hydrogens is 516 g/mol. The highest BCUT2D eigenvalue weighted by molar-refractivity contribution is 6.12. The Labute approximate surface area is 234 Å². The number of carbonyl (C=O) groups is 6. The molecule has 40 heavy (non-hydrogen) atoms. The number of rotatable bonds is 16. The topological polar surface area (TPSA) is 180 Å². The van der Waals surface area contributed by atoms with Crippen LogP contribution in [0.15, 0.2) is 36.4 Å². The molecule has 2 atom stereocenters. The summed E-state index contributed by atoms with van der Waals surface area (Å²) in [5.41, 5.74) is 6.71. The van der Waals surface area contributed by atoms with Gasteiger partial charge in [0, 0.05) is 37.3 Å². The van der Waals surface area contributed by atoms with Crippen LogP contribution in [-0.4, -0.2) is 65.6 Å². The molecule has 0 radical (unpaired) electrons. The number of urea groups is 1. The van der Waals surface area contributed by atoms with E-state index in [0.29, 0.717) is 37.9 Å². The summed E-state index contributed by atoms with van der Waals surface area (Å²) in [5, 5.41) is 10.8. The van der Waals surface area contributed by atoms with Crippen LogP contribution < -0.4 is 27.0 Å². The van der Waals surface area contributed by atoms with Crippen LogP contribution in [0.3, 0.4) is 0 Å². The van der Waals surface area contributed by atoms with Gasteiger partial charge in [0.25, 0.3) is 11.8 Å². The van der Waals surface area contributed by atoms with Crippen LogP contribution in [0.25, 0.3) is 0 Å². The molecule has 0 aliphatic carbocycles. The zero-order valence-corrected chi connectivity index (χ0v) is 23.3. The van der Waals surface area contributed by atoms with Crippen molar-refractivity contribution in [1.29, 1.82) is 0 Å². The molecule has 1 aliphatic heterocycles. The largest absolute Gasteiger partial charge is 0.352 e. The van der Waals surface area contributed by atoms with E-state index in [2.05, 4.69) is 21.3 Å². The van der Waals surface area contributed by atoms with Crippen molar-refractivity contribution in [2.45, 2.75) is 71.4 Å². The van der Waals surface area contributed by atoms with Gasteiger partial charge in [-0.1, -0.05) is 38.0 Å². The maximum Gasteiger partial charge on any atom is 0.312 e. The summed E-state index contributed by atoms with van der Waals surface area (Å²) < 4.78 is 0. The van der Waals surface area contributed by atoms with E-state index in [1.807, 2.05) is 19.1 Å². The SMILES string of the molecule is Cc1ccc(NC(=O)[C@@H](CCCNC(N)=O)NC(=O)[C@@H](NC(=O)CCCCCN2C(=O)C=CC2=O)C(C)C)cc1. The Hall–Kier alpha value is -4.22. The summed E-state index contributed by atoms with van der Waals surface area (Å²) in [5.74, 6) is -2.13. The Morgan fingerprint density at radius 1 is 0.875 bits per heavy atom. The molecule has 12 nitrogen and oxygen atoms in total. The first-order valence-corrected chi connectivity index (χ1v) is 13.5. The molecule has 7 amide bonds. The maximum absolute atomic E-state index is 13.2. The predicted molar refractivity (Wildman–Crippen MR) is 150 cm³/mol. The number of nitrogens with zero attached hydrogens (tertiary/aromatic N) is 1. The van der Waals surface area contributed by atoms with Crippen molar-refractivity contribution < 1.29 is 28.8 Å². The minimum atomic E-state index is -0.910. The van der Waals surface area contributed by atoms with E-state index in [1.165, 1.54) is 12.2 Å². The lowest BCUT2D eigenvalue weighted by molar-refractivity contribution is -0.137. The summed E-state index contributed by atoms with van der Waals surface area (Å²) in [6.07, 6.45) is 5.00. The number of anilines is 1. The van der Waals surface area contributed by atoms with Gasteiger partial charge in [-0.15, -0.1) is 0 Å². The van der Waals surface area contributed by atoms with Crippen molar-refractivity contribution in [2.24, 2.45) is 11.7 Å². The number of carbonyl (C=O) groups excluding carboxylic acids is 6. The number of hydrogen-bond acceptors (Lipinski definition) is 6. The second-order valence-electron chi connectivity index (χ2n) is 10.1. The van der Waals surface area contributed by atoms with Crippen molar-refractivity contribution >= 4 is 41.3 Å². The predicted octanol–water partition coefficient (Wildman–Crippen LogP) is 1.49. The standard InChI is InChI=1S/C28H40N6O6/c1-18(2)25(33-22(35)9-5-4-6-17-34-23(36)14-15-24(34)37)27(39)32-21(8-7-16-30-28(29)40)26(38)31-20-12-10-19(3)11-13-20/h10-15,18,21,25H,4-9,16-17H2,1-3H3,(H,31,38)(H,32,39)(H,33,35)(H3,29,30,40)/t21-,25+/m1/s1. The molecule has 0 unspecified atom stereocenters. The molecule has 0 fully saturated rings. The fourth-order valence-electron chi connectivity index (χ4n) is 4.08. The van der Waals surface area contributed by atoms with Gasteiger partial charge in [-0.2, -0.15) is 0 Å². The van der Waals surface area contributed by atoms with Crippen molar-refractivity contribution in [3.8, 4) is 0 Å². The van der Waals surface area contributed by atoms with Gasteiger partial charge in [-0.25, -0.2) is 4.79 Å². The minimum absolute atomic E-state index is 0.173. The molecule has 218 valence electrons. The van der Waals surface area contributed by atoms with E-state index in [4.69, 9.17) is 5.73 Å². The average molecular weight is 557 g/mol. The molecule has 1 aliphatic rings. The van der Waals surface area contributed by atoms with Gasteiger partial charge in [-0.05, 0) is 50.7 Å². The maximum atomic E-state index is 13.2. The summed E-state index contributed by atoms with van der Waals surface area (Å²) in [6, 6.07) is 4.77. The van der Waals surface area contributed by atoms with Crippen LogP contribution in [0.2, 0.25) is 0 Å². The number of primary amides is 1. The molecule has 0 saturated heterocycles. The monoisotopic (exact) mass is 556 g/mol. The lowest BCUT2D eigenvalue weighted by Crippen LogP contribution is -2.54. The van der Waals surface area contributed by atoms with Gasteiger partial charge < -0.3 is 27.0 Å². The van der Waals surface area contributed by atoms with E-state index in [0.717, 1.165) is 10.5 Å². The first-order valence-electron chi connectivity index (χ1n) is 13.5. The van der Waals surface area contributed by atoms with Crippen molar-refractivity contribution in [1.82, 2.24) is 20.9 Å². The molecule has 1 aromatic rings. The summed E-state index contributed by atoms with van der Waals surface area (Å²) in [7, 11) is 0. The summed E-state index contributed by atoms with van der Waals surface area (Å²) in [4.78, 5) is 74.2. The van der Waals surface area contributed by atoms with Gasteiger partial charge in [-0.3, -0.25) is 28.9 Å². The summed E-state index contributed by atoms with van der Waals surface area (Å²) in [6.45, 7) is 6.05. The first-order chi connectivity index (χ1) is 19.0. The third-order valence-electron chi connectivity index (χ3n) is 6.37. The average Bonchev–Trinajstić information content (AvgIpc) is 3.21. The van der Waals surface area contributed by atoms with Gasteiger partial charge in [0.05, 0.1) is 0 Å². The number of hydrogen-bond donors (Lipinski definition) is 5. The molecule has 0 spiro atoms. The van der Waals surface area contributed by atoms with Gasteiger partial charge in [0.2, 0.25) is 17.7 Å². The Bertz CT molecular complexity index is 1080. The van der Waals surface area contributed by atoms with E-state index in [-0.39, 0.29) is 43.0 Å². The highest BCUT2D eigenvalue weighted by Gasteiger charge is 2.29. The molecular formula is C28H40N6O6. The number of amides is 7. The van der Waals surface area contributed by atoms with Gasteiger partial charge >= 0.3 is 6.03 Å². The smallest absolute Gasteiger partial charge is 0.312 e. The van der Waals surface area contributed by atoms with Crippen LogP contribution in [0, 0.1) is 12.8 Å². The molecule has 0 bridgehead atoms. The van der Waals surface area contributed by atoms with Crippen molar-refractivity contribution in [3.63, 3.8) is 0 Å². The highest BCUT2D eigenvalue weighted by Crippen LogP contribution is 2.12. The van der Waals surface area contributed by atoms with E-state index < -0.39 is 29.9 Å². The fraction of sp³-hybridized carbons (Fsp3) is 0.500. The molecule has 12 heteroatoms. The molecule has 1 aromatic carbocycles. The van der Waals surface area contributed by atoms with Crippen LogP contribution >= 0.6 is 0 Å². The van der Waals surface area contributed by atoms with E-state index in [1.54, 1.807) is 26.0 Å². The van der Waals surface area contributed by atoms with Crippen LogP contribution in [0.5, 0.6) is 0 Å². The lowest BCUT2D eigenvalue weighted by atomic mass is 10.0. The second-order valence-corrected chi connectivity index (χ2v) is 10.1. The zero-order chi connectivity index (χ0) is 29.7. The Morgan fingerprint density at radius 2 is 1.52 bits per heavy atom. The zero-order valence-electron chi connectivity index (χ0n) is 23.3. The molecule has 6 N–H and O–H groups in total. The number of nitrogens with one attached hydrogen (secondary N) is 4. The normalized spacial score (nSPS) is 14.2. The van der Waals surface area contributed by atoms with Crippen LogP contribution in [0.4, 0.5) is 10.5 Å². The Balaban J connectivity index is 1.90. The number of aryl methyl sites for hydroxylation is 1. The van der Waals surface area contributed by atoms with Crippen molar-refractivity contribution in [2.75, 3.05) is 18.4 Å². The summed E-state index contributed by atoms with van der Waals surface area (Å²) >= 11 is 0. The number of benzene rings is 1. The highest BCUT2D eigenvalue weighted by atomic mass is 16.2. The van der Waals surface area contributed by atoms with Crippen LogP contribution in [-0.2, 0) is 24.0 Å². The fourth-order valence-corrected chi connectivity index (χ4v) is 4.08. The molecule has 0 aromatic heterocycles. The molecule has 1 heterocycles. The minimum Gasteiger partial charge on any atom is -0.352 e. The first kappa shape index (κ1) is 32.0. The third-order valence-corrected chi connectivity index (χ3v) is 6.37. The third kappa shape index (κ3) is 10.9. The van der Waals surface area contributed by atoms with Gasteiger partial charge in [0.15, 0.2) is 0 Å². The van der Waals surface area contributed by atoms with Crippen molar-refractivity contribution in [3.05, 3.63) is 42.0 Å². The number of nitrogens with two attached hydrogens (primary N) is 1. The molecule has 0 saturated carbocycles. The second kappa shape index (κ2) is 16.0. The quantitative estimate of drug-likeness (QED) is 0.152. The lowest BCUT2D eigenvalue weighted by Gasteiger charge is -2.25. The number of imide groups is 1. The number of unbranched alkanes of at least 4 members (excludes halogenated alkanes) is 2. The Morgan fingerprint density at radius 3 is 2.12 bits per heavy atom. The van der Waals surface area contributed by atoms with E-state index >= 15 is 0 Å². The van der Waals surface area contributed by atoms with Gasteiger partial charge in [0.1, 0.15) is 12.1 Å². The van der Waals surface area contributed by atoms with Crippen LogP contribution in [0.1, 0.15) is 57.9 Å².